The quantitative estimate of drug-likeness (QED) is 0.0597. The smallest absolute Gasteiger partial charge is 0.454 e. The van der Waals surface area contributed by atoms with E-state index in [1.54, 1.807) is 164 Å². The molecular formula is C96H57Br3Cl4F9N7O15S2. The molecule has 5 aliphatic rings. The summed E-state index contributed by atoms with van der Waals surface area (Å²) in [5.41, 5.74) is 12.3. The van der Waals surface area contributed by atoms with Crippen LogP contribution < -0.4 is 74.0 Å². The van der Waals surface area contributed by atoms with Gasteiger partial charge in [0.1, 0.15) is 15.6 Å². The summed E-state index contributed by atoms with van der Waals surface area (Å²) in [6.07, 6.45) is -11.5. The number of amides is 5. The van der Waals surface area contributed by atoms with Crippen molar-refractivity contribution in [2.45, 2.75) is 39.0 Å². The number of nitrogens with zero attached hydrogens (tertiary/aromatic N) is 2. The monoisotopic (exact) mass is 2160 g/mol. The zero-order valence-electron chi connectivity index (χ0n) is 69.0. The fourth-order valence-corrected chi connectivity index (χ4v) is 17.4. The molecule has 0 unspecified atom stereocenters. The van der Waals surface area contributed by atoms with Crippen molar-refractivity contribution in [3.63, 3.8) is 0 Å². The van der Waals surface area contributed by atoms with Crippen LogP contribution in [0.2, 0.25) is 20.1 Å². The maximum absolute atomic E-state index is 13.7. The van der Waals surface area contributed by atoms with E-state index in [9.17, 15) is 63.5 Å². The molecule has 5 N–H and O–H groups in total. The molecule has 5 aliphatic heterocycles. The second-order valence-corrected chi connectivity index (χ2v) is 35.0. The molecule has 2 aromatic heterocycles. The van der Waals surface area contributed by atoms with Gasteiger partial charge in [0.05, 0.1) is 36.8 Å². The van der Waals surface area contributed by atoms with E-state index in [1.165, 1.54) is 66.7 Å². The first-order valence-electron chi connectivity index (χ1n) is 39.5. The van der Waals surface area contributed by atoms with Gasteiger partial charge in [-0.2, -0.15) is 0 Å². The number of fused-ring (bicyclic) bond motifs is 5. The van der Waals surface area contributed by atoms with Gasteiger partial charge in [0.2, 0.25) is 6.79 Å². The van der Waals surface area contributed by atoms with Gasteiger partial charge in [-0.25, -0.2) is 13.1 Å². The van der Waals surface area contributed by atoms with Crippen molar-refractivity contribution in [1.29, 1.82) is 0 Å². The predicted molar refractivity (Wildman–Crippen MR) is 506 cm³/mol. The Balaban J connectivity index is 0.000000123. The van der Waals surface area contributed by atoms with Crippen LogP contribution in [-0.2, 0) is 0 Å². The summed E-state index contributed by atoms with van der Waals surface area (Å²) in [6.45, 7) is 3.87. The minimum Gasteiger partial charge on any atom is -0.454 e. The Morgan fingerprint density at radius 2 is 0.551 bits per heavy atom. The average Bonchev–Trinajstić information content (AvgIpc) is 1.65. The summed E-state index contributed by atoms with van der Waals surface area (Å²) in [4.78, 5) is 62.4. The molecule has 22 nitrogen and oxygen atoms in total. The molecule has 0 spiro atoms. The number of benzene rings is 13. The maximum atomic E-state index is 13.7. The van der Waals surface area contributed by atoms with Crippen LogP contribution in [0.4, 0.5) is 68.0 Å². The standard InChI is InChI=1S/C20H13BrClNO3.C20H11BrF3NO3.C20H11Cl2F2NO3.C18H11BrF2N2O3S.C18H11ClF2N2O3S/c21-16-10-19-18(25-11-26-19)9-15(16)12-5-7-13(8-6-12)23-20(24)14-3-1-2-4-17(14)22;21-15-10-18-17(27-20(23,24)28-18)9-14(15)11-5-7-12(8-6-11)25-19(26)13-3-1-2-4-16(13)22;21-15-4-2-1-3-13(15)19(26)25-12-7-5-11(6-8-12)14-9-17-18(10-16(14)22)28-20(23,24)27-17;2*1-9-8-22-27-16(9)17(24)23-11-4-2-10(3-5-11)12-6-14-15(7-13(12)19)26-18(20,21)25-14/h1-10H,11H2,(H,23,24);2*1-10H,(H,25,26);2*2-8H,1H3,(H,23,24). The predicted octanol–water partition coefficient (Wildman–Crippen LogP) is 28.6. The van der Waals surface area contributed by atoms with Crippen LogP contribution in [0.25, 0.3) is 55.6 Å². The van der Waals surface area contributed by atoms with Gasteiger partial charge in [-0.1, -0.05) is 191 Å². The lowest BCUT2D eigenvalue weighted by Gasteiger charge is -2.09. The molecule has 5 amide bonds. The van der Waals surface area contributed by atoms with Gasteiger partial charge in [0.15, 0.2) is 57.5 Å². The van der Waals surface area contributed by atoms with E-state index in [1.807, 2.05) is 50.2 Å². The minimum absolute atomic E-state index is 0.0283. The van der Waals surface area contributed by atoms with Crippen LogP contribution in [0.15, 0.2) is 281 Å². The molecule has 0 fully saturated rings. The van der Waals surface area contributed by atoms with Crippen LogP contribution in [0.1, 0.15) is 61.5 Å². The Morgan fingerprint density at radius 1 is 0.309 bits per heavy atom. The van der Waals surface area contributed by atoms with E-state index < -0.39 is 36.9 Å². The van der Waals surface area contributed by atoms with Crippen LogP contribution in [0.5, 0.6) is 57.5 Å². The third kappa shape index (κ3) is 22.6. The third-order valence-corrected chi connectivity index (χ3v) is 25.0. The SMILES string of the molecule is Cc1cnsc1C(=O)Nc1ccc(-c2cc3c(cc2Br)OC(F)(F)O3)cc1.Cc1cnsc1C(=O)Nc1ccc(-c2cc3c(cc2Cl)OC(F)(F)O3)cc1.O=C(Nc1ccc(-c2cc3c(cc2Br)OC(F)(F)O3)cc1)c1ccccc1F.O=C(Nc1ccc(-c2cc3c(cc2Br)OCO3)cc1)c1ccccc1Cl.O=C(Nc1ccc(-c2cc3c(cc2Cl)OC(F)(F)O3)cc1)c1ccccc1Cl. The topological polar surface area (TPSA) is 264 Å². The lowest BCUT2D eigenvalue weighted by atomic mass is 10.0. The molecule has 0 radical (unpaired) electrons. The van der Waals surface area contributed by atoms with Gasteiger partial charge in [-0.3, -0.25) is 24.0 Å². The van der Waals surface area contributed by atoms with Crippen molar-refractivity contribution in [1.82, 2.24) is 8.75 Å². The van der Waals surface area contributed by atoms with E-state index in [0.29, 0.717) is 107 Å². The summed E-state index contributed by atoms with van der Waals surface area (Å²) in [6, 6.07) is 69.0. The number of carbonyl (C=O) groups is 5. The molecule has 20 rings (SSSR count). The van der Waals surface area contributed by atoms with E-state index in [4.69, 9.17) is 55.9 Å². The molecule has 0 aliphatic carbocycles. The molecule has 40 heteroatoms. The summed E-state index contributed by atoms with van der Waals surface area (Å²) < 4.78 is 176. The first-order chi connectivity index (χ1) is 64.9. The Labute approximate surface area is 818 Å². The van der Waals surface area contributed by atoms with E-state index in [-0.39, 0.29) is 92.0 Å². The number of anilines is 5. The molecule has 15 aromatic rings. The molecule has 0 saturated carbocycles. The first kappa shape index (κ1) is 95.6. The zero-order chi connectivity index (χ0) is 96.2. The van der Waals surface area contributed by atoms with Crippen LogP contribution in [-0.4, -0.2) is 70.3 Å². The van der Waals surface area contributed by atoms with E-state index in [2.05, 4.69) is 121 Å². The van der Waals surface area contributed by atoms with Gasteiger partial charge >= 0.3 is 25.2 Å². The fraction of sp³-hybridized carbons (Fsp3) is 0.0729. The van der Waals surface area contributed by atoms with Crippen molar-refractivity contribution in [2.24, 2.45) is 0 Å². The summed E-state index contributed by atoms with van der Waals surface area (Å²) in [7, 11) is 0. The number of nitrogens with one attached hydrogen (secondary N) is 5. The lowest BCUT2D eigenvalue weighted by Crippen LogP contribution is -2.25. The van der Waals surface area contributed by atoms with Gasteiger partial charge in [-0.15, -0.1) is 35.1 Å². The summed E-state index contributed by atoms with van der Waals surface area (Å²) in [5, 5.41) is 15.0. The highest BCUT2D eigenvalue weighted by atomic mass is 79.9. The number of aromatic nitrogens is 2. The molecular weight excluding hydrogens is 2110 g/mol. The van der Waals surface area contributed by atoms with E-state index in [0.717, 1.165) is 66.9 Å². The number of aryl methyl sites for hydroxylation is 2. The highest BCUT2D eigenvalue weighted by molar-refractivity contribution is 9.11. The van der Waals surface area contributed by atoms with E-state index >= 15 is 0 Å². The maximum Gasteiger partial charge on any atom is 0.586 e. The Bertz CT molecular complexity index is 6830. The number of halogens is 16. The summed E-state index contributed by atoms with van der Waals surface area (Å²) in [5.74, 6) is -1.41. The molecule has 136 heavy (non-hydrogen) atoms. The molecule has 0 saturated heterocycles. The highest BCUT2D eigenvalue weighted by Crippen LogP contribution is 2.52. The van der Waals surface area contributed by atoms with Crippen molar-refractivity contribution in [2.75, 3.05) is 33.4 Å². The molecule has 0 bridgehead atoms. The van der Waals surface area contributed by atoms with Crippen LogP contribution in [0.3, 0.4) is 0 Å². The number of ether oxygens (including phenoxy) is 10. The number of carbonyl (C=O) groups excluding carboxylic acids is 5. The summed E-state index contributed by atoms with van der Waals surface area (Å²) >= 11 is 37.0. The van der Waals surface area contributed by atoms with Crippen molar-refractivity contribution < 1.29 is 111 Å². The normalized spacial score (nSPS) is 13.7. The van der Waals surface area contributed by atoms with Crippen LogP contribution in [0, 0.1) is 19.7 Å². The largest absolute Gasteiger partial charge is 0.586 e. The second-order valence-electron chi connectivity index (χ2n) is 29.2. The van der Waals surface area contributed by atoms with Crippen molar-refractivity contribution >= 4 is 175 Å². The van der Waals surface area contributed by atoms with Gasteiger partial charge < -0.3 is 74.0 Å². The van der Waals surface area contributed by atoms with Gasteiger partial charge in [0.25, 0.3) is 29.5 Å². The molecule has 13 aromatic carbocycles. The van der Waals surface area contributed by atoms with Crippen LogP contribution >= 0.6 is 117 Å². The number of hydrogen-bond acceptors (Lipinski definition) is 19. The fourth-order valence-electron chi connectivity index (χ4n) is 13.5. The Morgan fingerprint density at radius 3 is 0.853 bits per heavy atom. The lowest BCUT2D eigenvalue weighted by molar-refractivity contribution is -0.287. The molecule has 690 valence electrons. The Kier molecular flexibility index (Phi) is 28.2. The average molecular weight is 2170 g/mol. The third-order valence-electron chi connectivity index (χ3n) is 20.0. The molecule has 7 heterocycles. The number of rotatable bonds is 15. The van der Waals surface area contributed by atoms with Crippen molar-refractivity contribution in [3.8, 4) is 113 Å². The highest BCUT2D eigenvalue weighted by Gasteiger charge is 2.47. The van der Waals surface area contributed by atoms with Gasteiger partial charge in [-0.05, 0) is 238 Å². The zero-order valence-corrected chi connectivity index (χ0v) is 78.4. The number of alkyl halides is 8. The number of hydrogen-bond donors (Lipinski definition) is 5. The van der Waals surface area contributed by atoms with Crippen molar-refractivity contribution in [3.05, 3.63) is 344 Å². The molecule has 0 atom stereocenters. The second kappa shape index (κ2) is 40.2. The minimum atomic E-state index is -3.71. The Hall–Kier alpha value is -13.6. The van der Waals surface area contributed by atoms with Gasteiger partial charge in [0, 0.05) is 77.5 Å². The first-order valence-corrected chi connectivity index (χ1v) is 45.0.